The van der Waals surface area contributed by atoms with Crippen LogP contribution in [-0.4, -0.2) is 78.2 Å². The highest BCUT2D eigenvalue weighted by atomic mass is 32.2. The Hall–Kier alpha value is -3.24. The third-order valence-corrected chi connectivity index (χ3v) is 9.27. The van der Waals surface area contributed by atoms with E-state index in [0.29, 0.717) is 29.9 Å². The van der Waals surface area contributed by atoms with Gasteiger partial charge in [-0.3, -0.25) is 19.3 Å². The number of rotatable bonds is 5. The largest absolute Gasteiger partial charge is 0.340 e. The van der Waals surface area contributed by atoms with Crippen LogP contribution >= 0.6 is 0 Å². The van der Waals surface area contributed by atoms with Crippen LogP contribution in [0, 0.1) is 0 Å². The van der Waals surface area contributed by atoms with Gasteiger partial charge in [0.05, 0.1) is 16.5 Å². The molecule has 1 saturated heterocycles. The highest BCUT2D eigenvalue weighted by Gasteiger charge is 2.47. The molecule has 0 radical (unpaired) electrons. The fourth-order valence-corrected chi connectivity index (χ4v) is 6.33. The Bertz CT molecular complexity index is 1300. The normalized spacial score (nSPS) is 20.2. The molecule has 184 valence electrons. The number of para-hydroxylation sites is 1. The lowest BCUT2D eigenvalue weighted by Crippen LogP contribution is -2.53. The number of benzene rings is 2. The first-order valence-corrected chi connectivity index (χ1v) is 13.3. The van der Waals surface area contributed by atoms with Crippen LogP contribution in [0.5, 0.6) is 0 Å². The Balaban J connectivity index is 1.34. The van der Waals surface area contributed by atoms with Crippen molar-refractivity contribution in [1.29, 1.82) is 0 Å². The van der Waals surface area contributed by atoms with E-state index < -0.39 is 21.4 Å². The standard InChI is InChI=1S/C25H28N4O5S/c1-17(2)35(33,34)27-15-13-26(14-16-27)22(30)11-12-28-23-18-7-3-4-8-19(18)25(32)29(23)21-10-6-5-9-20(21)24(28)31/h3-10,17,23H,11-16H2,1-2H3/t23-/m1/s1. The number of amides is 3. The maximum absolute atomic E-state index is 13.5. The molecule has 3 heterocycles. The first-order valence-electron chi connectivity index (χ1n) is 11.8. The lowest BCUT2D eigenvalue weighted by molar-refractivity contribution is -0.132. The fourth-order valence-electron chi connectivity index (χ4n) is 5.06. The molecular formula is C25H28N4O5S. The van der Waals surface area contributed by atoms with Gasteiger partial charge < -0.3 is 9.80 Å². The van der Waals surface area contributed by atoms with Crippen molar-refractivity contribution >= 4 is 33.4 Å². The van der Waals surface area contributed by atoms with E-state index >= 15 is 0 Å². The van der Waals surface area contributed by atoms with Crippen molar-refractivity contribution in [2.24, 2.45) is 0 Å². The van der Waals surface area contributed by atoms with Gasteiger partial charge in [0, 0.05) is 50.3 Å². The van der Waals surface area contributed by atoms with Crippen molar-refractivity contribution in [1.82, 2.24) is 14.1 Å². The van der Waals surface area contributed by atoms with Gasteiger partial charge in [-0.1, -0.05) is 30.3 Å². The molecule has 0 saturated carbocycles. The van der Waals surface area contributed by atoms with Crippen LogP contribution in [0.2, 0.25) is 0 Å². The summed E-state index contributed by atoms with van der Waals surface area (Å²) >= 11 is 0. The molecule has 3 aliphatic heterocycles. The first kappa shape index (κ1) is 23.5. The summed E-state index contributed by atoms with van der Waals surface area (Å²) in [6.07, 6.45) is -0.507. The van der Waals surface area contributed by atoms with E-state index in [-0.39, 0.29) is 43.8 Å². The summed E-state index contributed by atoms with van der Waals surface area (Å²) < 4.78 is 26.3. The molecule has 3 aliphatic rings. The average Bonchev–Trinajstić information content (AvgIpc) is 3.16. The molecular weight excluding hydrogens is 468 g/mol. The van der Waals surface area contributed by atoms with E-state index in [4.69, 9.17) is 0 Å². The second-order valence-electron chi connectivity index (χ2n) is 9.28. The van der Waals surface area contributed by atoms with Crippen molar-refractivity contribution in [3.05, 3.63) is 65.2 Å². The molecule has 3 amide bonds. The molecule has 1 fully saturated rings. The lowest BCUT2D eigenvalue weighted by atomic mass is 10.0. The van der Waals surface area contributed by atoms with E-state index in [9.17, 15) is 22.8 Å². The highest BCUT2D eigenvalue weighted by Crippen LogP contribution is 2.45. The van der Waals surface area contributed by atoms with E-state index in [1.165, 1.54) is 4.31 Å². The van der Waals surface area contributed by atoms with Crippen LogP contribution in [0.4, 0.5) is 5.69 Å². The van der Waals surface area contributed by atoms with Crippen LogP contribution < -0.4 is 4.90 Å². The summed E-state index contributed by atoms with van der Waals surface area (Å²) in [5.74, 6) is -0.515. The van der Waals surface area contributed by atoms with Gasteiger partial charge in [-0.25, -0.2) is 8.42 Å². The van der Waals surface area contributed by atoms with Crippen molar-refractivity contribution < 1.29 is 22.8 Å². The topological polar surface area (TPSA) is 98.3 Å². The number of nitrogens with zero attached hydrogens (tertiary/aromatic N) is 4. The number of fused-ring (bicyclic) bond motifs is 5. The molecule has 0 bridgehead atoms. The van der Waals surface area contributed by atoms with Gasteiger partial charge in [0.15, 0.2) is 0 Å². The van der Waals surface area contributed by atoms with E-state index in [1.54, 1.807) is 64.9 Å². The van der Waals surface area contributed by atoms with Crippen molar-refractivity contribution in [3.63, 3.8) is 0 Å². The molecule has 0 unspecified atom stereocenters. The van der Waals surface area contributed by atoms with Gasteiger partial charge in [0.2, 0.25) is 15.9 Å². The van der Waals surface area contributed by atoms with E-state index in [2.05, 4.69) is 0 Å². The number of hydrogen-bond acceptors (Lipinski definition) is 5. The Morgan fingerprint density at radius 2 is 1.54 bits per heavy atom. The predicted octanol–water partition coefficient (Wildman–Crippen LogP) is 2.07. The Morgan fingerprint density at radius 3 is 2.23 bits per heavy atom. The van der Waals surface area contributed by atoms with Crippen LogP contribution in [0.3, 0.4) is 0 Å². The van der Waals surface area contributed by atoms with Crippen molar-refractivity contribution in [2.45, 2.75) is 31.7 Å². The molecule has 2 aromatic carbocycles. The molecule has 5 rings (SSSR count). The zero-order valence-corrected chi connectivity index (χ0v) is 20.6. The van der Waals surface area contributed by atoms with Crippen LogP contribution in [0.15, 0.2) is 48.5 Å². The summed E-state index contributed by atoms with van der Waals surface area (Å²) in [4.78, 5) is 44.6. The van der Waals surface area contributed by atoms with E-state index in [1.807, 2.05) is 12.1 Å². The highest BCUT2D eigenvalue weighted by molar-refractivity contribution is 7.89. The third-order valence-electron chi connectivity index (χ3n) is 7.00. The number of piperazine rings is 1. The summed E-state index contributed by atoms with van der Waals surface area (Å²) in [5.41, 5.74) is 2.32. The number of sulfonamides is 1. The van der Waals surface area contributed by atoms with Crippen LogP contribution in [-0.2, 0) is 14.8 Å². The molecule has 0 aliphatic carbocycles. The zero-order valence-electron chi connectivity index (χ0n) is 19.8. The minimum Gasteiger partial charge on any atom is -0.340 e. The van der Waals surface area contributed by atoms with E-state index in [0.717, 1.165) is 5.56 Å². The second-order valence-corrected chi connectivity index (χ2v) is 11.8. The summed E-state index contributed by atoms with van der Waals surface area (Å²) in [5, 5.41) is -0.502. The molecule has 1 atom stereocenters. The molecule has 35 heavy (non-hydrogen) atoms. The second kappa shape index (κ2) is 8.76. The molecule has 0 spiro atoms. The number of anilines is 1. The van der Waals surface area contributed by atoms with Gasteiger partial charge in [-0.15, -0.1) is 0 Å². The zero-order chi connectivity index (χ0) is 24.9. The minimum atomic E-state index is -3.35. The smallest absolute Gasteiger partial charge is 0.260 e. The Kier molecular flexibility index (Phi) is 5.88. The van der Waals surface area contributed by atoms with Crippen molar-refractivity contribution in [3.8, 4) is 0 Å². The minimum absolute atomic E-state index is 0.0888. The summed E-state index contributed by atoms with van der Waals surface area (Å²) in [6, 6.07) is 14.3. The van der Waals surface area contributed by atoms with Gasteiger partial charge in [0.1, 0.15) is 6.17 Å². The van der Waals surface area contributed by atoms with Crippen LogP contribution in [0.25, 0.3) is 0 Å². The SMILES string of the molecule is CC(C)S(=O)(=O)N1CCN(C(=O)CCN2C(=O)c3ccccc3N3C(=O)c4ccccc4[C@H]23)CC1. The van der Waals surface area contributed by atoms with Gasteiger partial charge in [0.25, 0.3) is 11.8 Å². The third kappa shape index (κ3) is 3.81. The average molecular weight is 497 g/mol. The number of carbonyl (C=O) groups excluding carboxylic acids is 3. The Morgan fingerprint density at radius 1 is 0.914 bits per heavy atom. The van der Waals surface area contributed by atoms with Gasteiger partial charge in [-0.05, 0) is 32.0 Å². The molecule has 9 nitrogen and oxygen atoms in total. The quantitative estimate of drug-likeness (QED) is 0.631. The lowest BCUT2D eigenvalue weighted by Gasteiger charge is -2.41. The first-order chi connectivity index (χ1) is 16.7. The van der Waals surface area contributed by atoms with Gasteiger partial charge >= 0.3 is 0 Å². The molecule has 2 aromatic rings. The number of carbonyl (C=O) groups is 3. The predicted molar refractivity (Wildman–Crippen MR) is 130 cm³/mol. The maximum atomic E-state index is 13.5. The maximum Gasteiger partial charge on any atom is 0.260 e. The molecule has 0 aromatic heterocycles. The number of hydrogen-bond donors (Lipinski definition) is 0. The molecule has 10 heteroatoms. The molecule has 0 N–H and O–H groups in total. The van der Waals surface area contributed by atoms with Crippen molar-refractivity contribution in [2.75, 3.05) is 37.6 Å². The fraction of sp³-hybridized carbons (Fsp3) is 0.400. The monoisotopic (exact) mass is 496 g/mol. The summed E-state index contributed by atoms with van der Waals surface area (Å²) in [7, 11) is -3.35. The van der Waals surface area contributed by atoms with Crippen LogP contribution in [0.1, 0.15) is 52.7 Å². The summed E-state index contributed by atoms with van der Waals surface area (Å²) in [6.45, 7) is 4.61. The van der Waals surface area contributed by atoms with Gasteiger partial charge in [-0.2, -0.15) is 4.31 Å². The Labute approximate surface area is 204 Å².